The van der Waals surface area contributed by atoms with Crippen molar-refractivity contribution in [2.75, 3.05) is 6.61 Å². The van der Waals surface area contributed by atoms with Crippen molar-refractivity contribution in [1.29, 1.82) is 0 Å². The Morgan fingerprint density at radius 2 is 2.00 bits per heavy atom. The summed E-state index contributed by atoms with van der Waals surface area (Å²) in [4.78, 5) is 28.5. The van der Waals surface area contributed by atoms with Gasteiger partial charge in [0.1, 0.15) is 6.10 Å². The summed E-state index contributed by atoms with van der Waals surface area (Å²) in [7, 11) is 1.87. The number of hydrogen-bond donors (Lipinski definition) is 0. The fraction of sp³-hybridized carbons (Fsp3) is 0.320. The number of allylic oxidation sites excluding steroid dienone is 2. The summed E-state index contributed by atoms with van der Waals surface area (Å²) in [5.41, 5.74) is 3.94. The number of imidazole rings is 1. The van der Waals surface area contributed by atoms with E-state index in [4.69, 9.17) is 9.47 Å². The number of nitrogens with zero attached hydrogens (tertiary/aromatic N) is 2. The van der Waals surface area contributed by atoms with Gasteiger partial charge in [-0.1, -0.05) is 42.0 Å². The van der Waals surface area contributed by atoms with Gasteiger partial charge in [-0.05, 0) is 37.0 Å². The predicted octanol–water partition coefficient (Wildman–Crippen LogP) is 3.97. The van der Waals surface area contributed by atoms with Gasteiger partial charge in [0.25, 0.3) is 0 Å². The maximum absolute atomic E-state index is 12.4. The Balaban J connectivity index is 1.73. The zero-order chi connectivity index (χ0) is 22.1. The number of esters is 2. The second-order valence-corrected chi connectivity index (χ2v) is 7.47. The standard InChI is InChI=1S/C25H28N2O4/c1-3-30-25(29)15-19-8-4-7-11-23(16-21-10-6-5-9-20(21)14-19)31-24(28)13-12-22-17-27(2)18-26-22/h4-7,9-10,12-13,15,17-18,23H,3,8,11,14,16H2,1-2H3. The van der Waals surface area contributed by atoms with Crippen LogP contribution in [0.15, 0.2) is 66.7 Å². The Morgan fingerprint density at radius 3 is 2.74 bits per heavy atom. The molecule has 0 amide bonds. The molecule has 0 saturated carbocycles. The summed E-state index contributed by atoms with van der Waals surface area (Å²) in [6.45, 7) is 2.16. The summed E-state index contributed by atoms with van der Waals surface area (Å²) in [6, 6.07) is 8.07. The first-order valence-corrected chi connectivity index (χ1v) is 10.5. The molecule has 1 atom stereocenters. The molecule has 6 heteroatoms. The minimum atomic E-state index is -0.388. The van der Waals surface area contributed by atoms with Gasteiger partial charge in [0.05, 0.1) is 18.6 Å². The number of rotatable bonds is 5. The highest BCUT2D eigenvalue weighted by atomic mass is 16.5. The van der Waals surface area contributed by atoms with Crippen molar-refractivity contribution in [2.45, 2.75) is 38.7 Å². The third-order valence-electron chi connectivity index (χ3n) is 4.94. The van der Waals surface area contributed by atoms with Crippen LogP contribution in [0.1, 0.15) is 36.6 Å². The molecule has 1 heterocycles. The quantitative estimate of drug-likeness (QED) is 0.416. The fourth-order valence-corrected chi connectivity index (χ4v) is 3.48. The first-order chi connectivity index (χ1) is 15.0. The molecule has 0 radical (unpaired) electrons. The first kappa shape index (κ1) is 22.3. The minimum Gasteiger partial charge on any atom is -0.463 e. The van der Waals surface area contributed by atoms with Gasteiger partial charge in [0.15, 0.2) is 0 Å². The maximum atomic E-state index is 12.4. The van der Waals surface area contributed by atoms with Gasteiger partial charge in [-0.25, -0.2) is 14.6 Å². The molecule has 0 spiro atoms. The van der Waals surface area contributed by atoms with Crippen molar-refractivity contribution in [3.63, 3.8) is 0 Å². The lowest BCUT2D eigenvalue weighted by Crippen LogP contribution is -2.20. The van der Waals surface area contributed by atoms with Gasteiger partial charge in [-0.2, -0.15) is 0 Å². The van der Waals surface area contributed by atoms with Crippen molar-refractivity contribution >= 4 is 18.0 Å². The molecule has 1 aliphatic rings. The zero-order valence-electron chi connectivity index (χ0n) is 18.0. The van der Waals surface area contributed by atoms with Gasteiger partial charge >= 0.3 is 11.9 Å². The van der Waals surface area contributed by atoms with Crippen LogP contribution in [0.4, 0.5) is 0 Å². The molecule has 0 aliphatic heterocycles. The highest BCUT2D eigenvalue weighted by molar-refractivity contribution is 5.86. The summed E-state index contributed by atoms with van der Waals surface area (Å²) in [5.74, 6) is -0.701. The van der Waals surface area contributed by atoms with E-state index in [1.165, 1.54) is 6.08 Å². The van der Waals surface area contributed by atoms with E-state index in [0.29, 0.717) is 38.0 Å². The van der Waals surface area contributed by atoms with E-state index in [1.54, 1.807) is 25.4 Å². The number of carbonyl (C=O) groups is 2. The van der Waals surface area contributed by atoms with E-state index in [-0.39, 0.29) is 18.0 Å². The van der Waals surface area contributed by atoms with E-state index in [2.05, 4.69) is 11.1 Å². The van der Waals surface area contributed by atoms with Crippen molar-refractivity contribution in [1.82, 2.24) is 9.55 Å². The SMILES string of the molecule is CCOC(=O)C=C1CC=CCC(OC(=O)C=Cc2cn(C)cn2)Cc2ccccc2C1. The summed E-state index contributed by atoms with van der Waals surface area (Å²) >= 11 is 0. The Bertz CT molecular complexity index is 1000. The molecule has 31 heavy (non-hydrogen) atoms. The largest absolute Gasteiger partial charge is 0.463 e. The zero-order valence-corrected chi connectivity index (χ0v) is 18.0. The molecule has 6 nitrogen and oxygen atoms in total. The summed E-state index contributed by atoms with van der Waals surface area (Å²) in [6.07, 6.45) is 14.4. The van der Waals surface area contributed by atoms with Crippen molar-refractivity contribution in [3.05, 3.63) is 83.5 Å². The number of aryl methyl sites for hydroxylation is 1. The molecule has 0 fully saturated rings. The first-order valence-electron chi connectivity index (χ1n) is 10.5. The molecule has 1 unspecified atom stereocenters. The van der Waals surface area contributed by atoms with Crippen LogP contribution < -0.4 is 0 Å². The highest BCUT2D eigenvalue weighted by Crippen LogP contribution is 2.22. The molecule has 1 aliphatic carbocycles. The Morgan fingerprint density at radius 1 is 1.19 bits per heavy atom. The van der Waals surface area contributed by atoms with Crippen LogP contribution in [0, 0.1) is 0 Å². The van der Waals surface area contributed by atoms with Gasteiger partial charge in [0.2, 0.25) is 0 Å². The van der Waals surface area contributed by atoms with Crippen LogP contribution >= 0.6 is 0 Å². The number of aromatic nitrogens is 2. The van der Waals surface area contributed by atoms with Crippen LogP contribution in [0.5, 0.6) is 0 Å². The van der Waals surface area contributed by atoms with Crippen molar-refractivity contribution in [2.24, 2.45) is 7.05 Å². The van der Waals surface area contributed by atoms with E-state index in [1.807, 2.05) is 48.2 Å². The van der Waals surface area contributed by atoms with Crippen LogP contribution in [0.25, 0.3) is 6.08 Å². The maximum Gasteiger partial charge on any atom is 0.331 e. The van der Waals surface area contributed by atoms with Crippen LogP contribution in [0.3, 0.4) is 0 Å². The third-order valence-corrected chi connectivity index (χ3v) is 4.94. The Hall–Kier alpha value is -3.41. The van der Waals surface area contributed by atoms with Crippen LogP contribution in [-0.2, 0) is 39.0 Å². The second kappa shape index (κ2) is 11.1. The fourth-order valence-electron chi connectivity index (χ4n) is 3.48. The second-order valence-electron chi connectivity index (χ2n) is 7.47. The molecule has 1 aromatic carbocycles. The van der Waals surface area contributed by atoms with Gasteiger partial charge in [-0.15, -0.1) is 0 Å². The van der Waals surface area contributed by atoms with Crippen molar-refractivity contribution < 1.29 is 19.1 Å². The van der Waals surface area contributed by atoms with E-state index in [0.717, 1.165) is 16.7 Å². The molecule has 2 aromatic rings. The smallest absolute Gasteiger partial charge is 0.331 e. The lowest BCUT2D eigenvalue weighted by atomic mass is 9.92. The molecule has 0 N–H and O–H groups in total. The summed E-state index contributed by atoms with van der Waals surface area (Å²) in [5, 5.41) is 0. The van der Waals surface area contributed by atoms with E-state index < -0.39 is 0 Å². The third kappa shape index (κ3) is 7.10. The van der Waals surface area contributed by atoms with Gasteiger partial charge in [0, 0.05) is 38.2 Å². The predicted molar refractivity (Wildman–Crippen MR) is 119 cm³/mol. The molecule has 162 valence electrons. The normalized spacial score (nSPS) is 18.0. The van der Waals surface area contributed by atoms with E-state index in [9.17, 15) is 9.59 Å². The minimum absolute atomic E-state index is 0.270. The average molecular weight is 421 g/mol. The molecular weight excluding hydrogens is 392 g/mol. The lowest BCUT2D eigenvalue weighted by molar-refractivity contribution is -0.142. The molecule has 0 saturated heterocycles. The van der Waals surface area contributed by atoms with Gasteiger partial charge in [-0.3, -0.25) is 0 Å². The monoisotopic (exact) mass is 420 g/mol. The molecule has 0 bridgehead atoms. The highest BCUT2D eigenvalue weighted by Gasteiger charge is 2.17. The number of fused-ring (bicyclic) bond motifs is 1. The molecule has 3 rings (SSSR count). The molecular formula is C25H28N2O4. The Kier molecular flexibility index (Phi) is 7.98. The van der Waals surface area contributed by atoms with Crippen LogP contribution in [0.2, 0.25) is 0 Å². The number of hydrogen-bond acceptors (Lipinski definition) is 5. The van der Waals surface area contributed by atoms with Gasteiger partial charge < -0.3 is 14.0 Å². The van der Waals surface area contributed by atoms with Crippen LogP contribution in [-0.4, -0.2) is 34.2 Å². The number of ether oxygens (including phenoxy) is 2. The number of carbonyl (C=O) groups excluding carboxylic acids is 2. The topological polar surface area (TPSA) is 70.4 Å². The van der Waals surface area contributed by atoms with Crippen molar-refractivity contribution in [3.8, 4) is 0 Å². The Labute approximate surface area is 182 Å². The summed E-state index contributed by atoms with van der Waals surface area (Å²) < 4.78 is 12.6. The average Bonchev–Trinajstić information content (AvgIpc) is 3.16. The lowest BCUT2D eigenvalue weighted by Gasteiger charge is -2.19. The van der Waals surface area contributed by atoms with E-state index >= 15 is 0 Å². The molecule has 1 aromatic heterocycles. The number of benzene rings is 1.